The van der Waals surface area contributed by atoms with Crippen LogP contribution in [0.4, 0.5) is 8.78 Å². The number of hydrogen-bond donors (Lipinski definition) is 2. The Bertz CT molecular complexity index is 667. The number of nitrogens with one attached hydrogen (secondary N) is 1. The summed E-state index contributed by atoms with van der Waals surface area (Å²) < 4.78 is 68.5. The molecule has 7 atom stereocenters. The number of amides is 1. The normalized spacial score (nSPS) is 42.4. The first kappa shape index (κ1) is 17.6. The van der Waals surface area contributed by atoms with Gasteiger partial charge in [0.05, 0.1) is 19.3 Å². The van der Waals surface area contributed by atoms with Crippen LogP contribution in [-0.4, -0.2) is 55.6 Å². The van der Waals surface area contributed by atoms with Crippen LogP contribution in [-0.2, 0) is 24.4 Å². The van der Waals surface area contributed by atoms with Crippen molar-refractivity contribution in [2.45, 2.75) is 49.2 Å². The Kier molecular flexibility index (Phi) is 4.10. The maximum absolute atomic E-state index is 13.6. The minimum absolute atomic E-state index is 0.0423. The van der Waals surface area contributed by atoms with E-state index in [1.165, 1.54) is 0 Å². The highest BCUT2D eigenvalue weighted by Gasteiger charge is 2.58. The van der Waals surface area contributed by atoms with Gasteiger partial charge in [0.15, 0.2) is 0 Å². The SMILES string of the molecule is O=C(NC1C2CC3CC(C2)C(OCC2CO2)C1C3)C(F)(F)S(=O)(=O)O. The van der Waals surface area contributed by atoms with Crippen molar-refractivity contribution in [1.29, 1.82) is 0 Å². The summed E-state index contributed by atoms with van der Waals surface area (Å²) in [5, 5.41) is -2.64. The second kappa shape index (κ2) is 5.83. The van der Waals surface area contributed by atoms with Gasteiger partial charge in [-0.25, -0.2) is 0 Å². The molecule has 25 heavy (non-hydrogen) atoms. The molecule has 0 aromatic heterocycles. The topological polar surface area (TPSA) is 105 Å². The van der Waals surface area contributed by atoms with Crippen LogP contribution >= 0.6 is 0 Å². The minimum atomic E-state index is -5.80. The lowest BCUT2D eigenvalue weighted by molar-refractivity contribution is -0.156. The fourth-order valence-corrected chi connectivity index (χ4v) is 5.37. The number of alkyl halides is 2. The van der Waals surface area contributed by atoms with Gasteiger partial charge in [0.2, 0.25) is 0 Å². The molecule has 4 bridgehead atoms. The molecule has 5 aliphatic rings. The maximum atomic E-state index is 13.6. The number of halogens is 2. The van der Waals surface area contributed by atoms with Crippen molar-refractivity contribution in [3.05, 3.63) is 0 Å². The van der Waals surface area contributed by atoms with E-state index in [-0.39, 0.29) is 24.0 Å². The Morgan fingerprint density at radius 2 is 1.92 bits per heavy atom. The van der Waals surface area contributed by atoms with Crippen molar-refractivity contribution < 1.29 is 36.0 Å². The molecule has 7 unspecified atom stereocenters. The second-order valence-electron chi connectivity index (χ2n) is 7.74. The van der Waals surface area contributed by atoms with Gasteiger partial charge >= 0.3 is 21.3 Å². The summed E-state index contributed by atoms with van der Waals surface area (Å²) in [6, 6.07) is -0.557. The molecule has 7 nitrogen and oxygen atoms in total. The molecule has 142 valence electrons. The van der Waals surface area contributed by atoms with E-state index in [9.17, 15) is 22.0 Å². The quantitative estimate of drug-likeness (QED) is 0.521. The third-order valence-electron chi connectivity index (χ3n) is 6.10. The minimum Gasteiger partial charge on any atom is -0.375 e. The van der Waals surface area contributed by atoms with E-state index >= 15 is 0 Å². The van der Waals surface area contributed by atoms with E-state index in [0.29, 0.717) is 25.0 Å². The molecular formula is C15H21F2NO6S. The Balaban J connectivity index is 1.49. The predicted octanol–water partition coefficient (Wildman–Crippen LogP) is 0.802. The van der Waals surface area contributed by atoms with E-state index in [2.05, 4.69) is 5.32 Å². The summed E-state index contributed by atoms with van der Waals surface area (Å²) in [6.45, 7) is 1.11. The molecule has 4 aliphatic carbocycles. The van der Waals surface area contributed by atoms with Crippen molar-refractivity contribution in [1.82, 2.24) is 5.32 Å². The highest BCUT2D eigenvalue weighted by molar-refractivity contribution is 7.87. The Labute approximate surface area is 144 Å². The first-order chi connectivity index (χ1) is 11.7. The van der Waals surface area contributed by atoms with Crippen molar-refractivity contribution in [3.63, 3.8) is 0 Å². The van der Waals surface area contributed by atoms with Crippen LogP contribution in [0, 0.1) is 23.7 Å². The van der Waals surface area contributed by atoms with Crippen LogP contribution in [0.15, 0.2) is 0 Å². The lowest BCUT2D eigenvalue weighted by Gasteiger charge is -2.58. The van der Waals surface area contributed by atoms with Gasteiger partial charge in [-0.3, -0.25) is 9.35 Å². The standard InChI is InChI=1S/C15H21F2NO6S/c16-15(17,25(20,21)22)14(19)18-12-8-1-7-2-9(4-8)13(11(12)3-7)24-6-10-5-23-10/h7-13H,1-6H2,(H,18,19)(H,20,21,22). The third kappa shape index (κ3) is 3.07. The van der Waals surface area contributed by atoms with E-state index < -0.39 is 27.3 Å². The van der Waals surface area contributed by atoms with Crippen LogP contribution in [0.1, 0.15) is 25.7 Å². The lowest BCUT2D eigenvalue weighted by atomic mass is 9.52. The fraction of sp³-hybridized carbons (Fsp3) is 0.933. The van der Waals surface area contributed by atoms with Gasteiger partial charge in [-0.05, 0) is 43.4 Å². The molecule has 1 aliphatic heterocycles. The summed E-state index contributed by atoms with van der Waals surface area (Å²) in [6.07, 6.45) is 3.38. The number of carbonyl (C=O) groups is 1. The maximum Gasteiger partial charge on any atom is 0.446 e. The summed E-state index contributed by atoms with van der Waals surface area (Å²) in [4.78, 5) is 11.8. The highest BCUT2D eigenvalue weighted by atomic mass is 32.2. The average molecular weight is 381 g/mol. The molecule has 5 fully saturated rings. The monoisotopic (exact) mass is 381 g/mol. The van der Waals surface area contributed by atoms with Gasteiger partial charge in [0, 0.05) is 12.0 Å². The summed E-state index contributed by atoms with van der Waals surface area (Å²) in [7, 11) is -5.80. The molecule has 0 aromatic rings. The van der Waals surface area contributed by atoms with Gasteiger partial charge < -0.3 is 14.8 Å². The molecule has 4 saturated carbocycles. The van der Waals surface area contributed by atoms with Crippen LogP contribution in [0.25, 0.3) is 0 Å². The first-order valence-electron chi connectivity index (χ1n) is 8.56. The highest BCUT2D eigenvalue weighted by Crippen LogP contribution is 2.55. The molecule has 1 amide bonds. The lowest BCUT2D eigenvalue weighted by Crippen LogP contribution is -2.64. The van der Waals surface area contributed by atoms with E-state index in [0.717, 1.165) is 25.7 Å². The van der Waals surface area contributed by atoms with Gasteiger partial charge in [-0.2, -0.15) is 17.2 Å². The molecule has 1 saturated heterocycles. The number of carbonyl (C=O) groups excluding carboxylic acids is 1. The third-order valence-corrected chi connectivity index (χ3v) is 6.94. The van der Waals surface area contributed by atoms with Crippen LogP contribution < -0.4 is 5.32 Å². The molecule has 2 N–H and O–H groups in total. The largest absolute Gasteiger partial charge is 0.446 e. The number of hydrogen-bond acceptors (Lipinski definition) is 5. The van der Waals surface area contributed by atoms with Crippen molar-refractivity contribution in [3.8, 4) is 0 Å². The molecule has 0 spiro atoms. The first-order valence-corrected chi connectivity index (χ1v) is 10.00. The van der Waals surface area contributed by atoms with E-state index in [1.807, 2.05) is 0 Å². The van der Waals surface area contributed by atoms with Crippen LogP contribution in [0.3, 0.4) is 0 Å². The zero-order valence-corrected chi connectivity index (χ0v) is 14.3. The van der Waals surface area contributed by atoms with Crippen molar-refractivity contribution >= 4 is 16.0 Å². The molecule has 0 radical (unpaired) electrons. The molecule has 0 aromatic carbocycles. The molecule has 5 rings (SSSR count). The van der Waals surface area contributed by atoms with Crippen LogP contribution in [0.5, 0.6) is 0 Å². The molecular weight excluding hydrogens is 360 g/mol. The Morgan fingerprint density at radius 3 is 2.56 bits per heavy atom. The van der Waals surface area contributed by atoms with Gasteiger partial charge in [-0.15, -0.1) is 0 Å². The van der Waals surface area contributed by atoms with Crippen molar-refractivity contribution in [2.24, 2.45) is 23.7 Å². The predicted molar refractivity (Wildman–Crippen MR) is 80.3 cm³/mol. The summed E-state index contributed by atoms with van der Waals surface area (Å²) in [5.41, 5.74) is 0. The Morgan fingerprint density at radius 1 is 1.24 bits per heavy atom. The number of ether oxygens (including phenoxy) is 2. The smallest absolute Gasteiger partial charge is 0.375 e. The van der Waals surface area contributed by atoms with Crippen LogP contribution in [0.2, 0.25) is 0 Å². The van der Waals surface area contributed by atoms with Gasteiger partial charge in [-0.1, -0.05) is 0 Å². The second-order valence-corrected chi connectivity index (χ2v) is 9.20. The summed E-state index contributed by atoms with van der Waals surface area (Å²) >= 11 is 0. The molecule has 1 heterocycles. The average Bonchev–Trinajstić information content (AvgIpc) is 3.32. The summed E-state index contributed by atoms with van der Waals surface area (Å²) in [5.74, 6) is -1.19. The van der Waals surface area contributed by atoms with E-state index in [4.69, 9.17) is 14.0 Å². The van der Waals surface area contributed by atoms with Gasteiger partial charge in [0.1, 0.15) is 6.10 Å². The zero-order valence-electron chi connectivity index (χ0n) is 13.4. The zero-order chi connectivity index (χ0) is 18.0. The molecule has 10 heteroatoms. The van der Waals surface area contributed by atoms with Crippen molar-refractivity contribution in [2.75, 3.05) is 13.2 Å². The fourth-order valence-electron chi connectivity index (χ4n) is 5.08. The van der Waals surface area contributed by atoms with E-state index in [1.54, 1.807) is 0 Å². The number of rotatable bonds is 6. The number of epoxide rings is 1. The van der Waals surface area contributed by atoms with Gasteiger partial charge in [0.25, 0.3) is 0 Å². The Hall–Kier alpha value is -0.840.